The number of ether oxygens (including phenoxy) is 1. The van der Waals surface area contributed by atoms with Crippen molar-refractivity contribution in [2.75, 3.05) is 52.1 Å². The molecule has 0 aliphatic carbocycles. The monoisotopic (exact) mass is 401 g/mol. The zero-order valence-corrected chi connectivity index (χ0v) is 17.6. The lowest BCUT2D eigenvalue weighted by molar-refractivity contribution is 0.112. The Kier molecular flexibility index (Phi) is 8.99. The summed E-state index contributed by atoms with van der Waals surface area (Å²) in [5.41, 5.74) is 1.04. The van der Waals surface area contributed by atoms with Crippen molar-refractivity contribution in [1.82, 2.24) is 14.8 Å². The largest absolute Gasteiger partial charge is 0.492 e. The molecule has 1 aromatic rings. The Morgan fingerprint density at radius 2 is 1.65 bits per heavy atom. The van der Waals surface area contributed by atoms with Crippen molar-refractivity contribution < 1.29 is 14.9 Å². The van der Waals surface area contributed by atoms with Gasteiger partial charge in [-0.25, -0.2) is 0 Å². The van der Waals surface area contributed by atoms with Gasteiger partial charge in [-0.1, -0.05) is 21.6 Å². The van der Waals surface area contributed by atoms with Gasteiger partial charge in [0.1, 0.15) is 12.4 Å². The molecule has 26 heavy (non-hydrogen) atoms. The van der Waals surface area contributed by atoms with Crippen LogP contribution in [0.3, 0.4) is 0 Å². The summed E-state index contributed by atoms with van der Waals surface area (Å²) < 4.78 is 6.09. The highest BCUT2D eigenvalue weighted by molar-refractivity contribution is 8.76. The van der Waals surface area contributed by atoms with Crippen LogP contribution in [0.1, 0.15) is 25.2 Å². The third-order valence-corrected chi connectivity index (χ3v) is 6.88. The molecule has 8 heteroatoms. The molecule has 2 rings (SSSR count). The first-order valence-electron chi connectivity index (χ1n) is 8.96. The van der Waals surface area contributed by atoms with Crippen LogP contribution in [0.2, 0.25) is 0 Å². The molecule has 0 bridgehead atoms. The molecule has 1 saturated heterocycles. The van der Waals surface area contributed by atoms with Gasteiger partial charge in [0.2, 0.25) is 0 Å². The first-order chi connectivity index (χ1) is 12.5. The number of rotatable bonds is 10. The van der Waals surface area contributed by atoms with Gasteiger partial charge < -0.3 is 14.9 Å². The van der Waals surface area contributed by atoms with Gasteiger partial charge in [-0.2, -0.15) is 0 Å². The van der Waals surface area contributed by atoms with Gasteiger partial charge in [-0.3, -0.25) is 14.8 Å². The third kappa shape index (κ3) is 7.25. The molecule has 0 aromatic carbocycles. The molecule has 1 fully saturated rings. The molecule has 0 unspecified atom stereocenters. The molecule has 1 aliphatic rings. The van der Waals surface area contributed by atoms with E-state index < -0.39 is 0 Å². The van der Waals surface area contributed by atoms with E-state index in [-0.39, 0.29) is 18.0 Å². The van der Waals surface area contributed by atoms with E-state index in [0.717, 1.165) is 39.3 Å². The van der Waals surface area contributed by atoms with Crippen LogP contribution in [0.4, 0.5) is 0 Å². The number of hydrogen-bond acceptors (Lipinski definition) is 8. The molecule has 6 nitrogen and oxygen atoms in total. The van der Waals surface area contributed by atoms with Crippen molar-refractivity contribution in [1.29, 1.82) is 0 Å². The Balaban J connectivity index is 1.72. The minimum absolute atomic E-state index is 0.155. The van der Waals surface area contributed by atoms with E-state index in [1.165, 1.54) is 0 Å². The van der Waals surface area contributed by atoms with Crippen molar-refractivity contribution in [2.24, 2.45) is 0 Å². The fourth-order valence-electron chi connectivity index (χ4n) is 3.12. The van der Waals surface area contributed by atoms with Crippen LogP contribution in [0.25, 0.3) is 0 Å². The molecule has 2 N–H and O–H groups in total. The Bertz CT molecular complexity index is 530. The molecule has 148 valence electrons. The minimum atomic E-state index is -0.155. The van der Waals surface area contributed by atoms with Crippen LogP contribution >= 0.6 is 21.6 Å². The summed E-state index contributed by atoms with van der Waals surface area (Å²) in [4.78, 5) is 9.09. The molecule has 0 radical (unpaired) electrons. The van der Waals surface area contributed by atoms with E-state index in [0.29, 0.717) is 23.7 Å². The Labute approximate surface area is 164 Å². The summed E-state index contributed by atoms with van der Waals surface area (Å²) >= 11 is 0. The normalized spacial score (nSPS) is 16.8. The zero-order chi connectivity index (χ0) is 19.0. The summed E-state index contributed by atoms with van der Waals surface area (Å²) in [6.45, 7) is 11.2. The minimum Gasteiger partial charge on any atom is -0.492 e. The Morgan fingerprint density at radius 3 is 2.19 bits per heavy atom. The number of aliphatic hydroxyl groups excluding tert-OH is 2. The average Bonchev–Trinajstić information content (AvgIpc) is 2.62. The molecule has 1 aliphatic heterocycles. The smallest absolute Gasteiger partial charge is 0.123 e. The number of pyridine rings is 1. The zero-order valence-electron chi connectivity index (χ0n) is 16.0. The number of hydrogen-bond donors (Lipinski definition) is 2. The van der Waals surface area contributed by atoms with Crippen molar-refractivity contribution in [3.63, 3.8) is 0 Å². The quantitative estimate of drug-likeness (QED) is 0.576. The van der Waals surface area contributed by atoms with E-state index in [9.17, 15) is 10.2 Å². The average molecular weight is 402 g/mol. The highest BCUT2D eigenvalue weighted by atomic mass is 33.1. The van der Waals surface area contributed by atoms with Gasteiger partial charge in [0.15, 0.2) is 0 Å². The molecular formula is C18H31N3O3S2. The summed E-state index contributed by atoms with van der Waals surface area (Å²) in [7, 11) is 3.79. The number of aliphatic hydroxyl groups is 2. The Hall–Kier alpha value is -0.510. The lowest BCUT2D eigenvalue weighted by Crippen LogP contribution is -2.50. The maximum absolute atomic E-state index is 9.23. The van der Waals surface area contributed by atoms with Gasteiger partial charge in [-0.05, 0) is 20.1 Å². The van der Waals surface area contributed by atoms with Crippen LogP contribution in [-0.2, 0) is 13.2 Å². The lowest BCUT2D eigenvalue weighted by Gasteiger charge is -2.38. The van der Waals surface area contributed by atoms with Crippen molar-refractivity contribution in [2.45, 2.75) is 31.8 Å². The van der Waals surface area contributed by atoms with E-state index in [4.69, 9.17) is 4.74 Å². The molecule has 0 spiro atoms. The van der Waals surface area contributed by atoms with Gasteiger partial charge in [0, 0.05) is 56.1 Å². The van der Waals surface area contributed by atoms with Crippen LogP contribution < -0.4 is 4.74 Å². The van der Waals surface area contributed by atoms with Gasteiger partial charge in [-0.15, -0.1) is 0 Å². The summed E-state index contributed by atoms with van der Waals surface area (Å²) in [6.07, 6.45) is 2.14. The van der Waals surface area contributed by atoms with Crippen molar-refractivity contribution in [3.8, 4) is 5.75 Å². The number of nitrogens with zero attached hydrogens (tertiary/aromatic N) is 3. The highest BCUT2D eigenvalue weighted by Gasteiger charge is 2.25. The summed E-state index contributed by atoms with van der Waals surface area (Å²) in [5.74, 6) is 0.655. The fourth-order valence-corrected chi connectivity index (χ4v) is 5.32. The van der Waals surface area contributed by atoms with Crippen molar-refractivity contribution in [3.05, 3.63) is 23.5 Å². The molecular weight excluding hydrogens is 370 g/mol. The number of piperazine rings is 1. The van der Waals surface area contributed by atoms with Crippen LogP contribution in [0.15, 0.2) is 12.1 Å². The van der Waals surface area contributed by atoms with Crippen LogP contribution in [0, 0.1) is 0 Å². The second-order valence-corrected chi connectivity index (χ2v) is 10.2. The second-order valence-electron chi connectivity index (χ2n) is 7.08. The predicted molar refractivity (Wildman–Crippen MR) is 110 cm³/mol. The molecule has 2 heterocycles. The van der Waals surface area contributed by atoms with E-state index in [2.05, 4.69) is 34.9 Å². The SMILES string of the molecule is CSSC(C)(C)CN1CCN(CCOc2cc(CO)nc(CO)c2)CC1. The standard InChI is InChI=1S/C18H31N3O3S2/c1-18(2,26-25-3)14-21-6-4-20(5-7-21)8-9-24-17-10-15(12-22)19-16(11-17)13-23/h10-11,22-23H,4-9,12-14H2,1-3H3. The second kappa shape index (κ2) is 10.7. The van der Waals surface area contributed by atoms with E-state index in [1.54, 1.807) is 12.1 Å². The van der Waals surface area contributed by atoms with Gasteiger partial charge in [0.05, 0.1) is 24.6 Å². The topological polar surface area (TPSA) is 69.1 Å². The Morgan fingerprint density at radius 1 is 1.08 bits per heavy atom. The van der Waals surface area contributed by atoms with E-state index in [1.807, 2.05) is 21.6 Å². The van der Waals surface area contributed by atoms with Crippen LogP contribution in [0.5, 0.6) is 5.75 Å². The maximum Gasteiger partial charge on any atom is 0.123 e. The van der Waals surface area contributed by atoms with Crippen molar-refractivity contribution >= 4 is 21.6 Å². The molecule has 1 aromatic heterocycles. The first-order valence-corrected chi connectivity index (χ1v) is 11.5. The van der Waals surface area contributed by atoms with E-state index >= 15 is 0 Å². The fraction of sp³-hybridized carbons (Fsp3) is 0.722. The van der Waals surface area contributed by atoms with Crippen LogP contribution in [-0.4, -0.2) is 81.9 Å². The molecule has 0 atom stereocenters. The highest BCUT2D eigenvalue weighted by Crippen LogP contribution is 2.34. The first kappa shape index (κ1) is 21.8. The number of aromatic nitrogens is 1. The summed E-state index contributed by atoms with van der Waals surface area (Å²) in [6, 6.07) is 3.45. The molecule has 0 amide bonds. The molecule has 0 saturated carbocycles. The summed E-state index contributed by atoms with van der Waals surface area (Å²) in [5, 5.41) is 18.5. The van der Waals surface area contributed by atoms with Gasteiger partial charge >= 0.3 is 0 Å². The van der Waals surface area contributed by atoms with Gasteiger partial charge in [0.25, 0.3) is 0 Å². The maximum atomic E-state index is 9.23. The third-order valence-electron chi connectivity index (χ3n) is 4.28. The predicted octanol–water partition coefficient (Wildman–Crippen LogP) is 1.85. The lowest BCUT2D eigenvalue weighted by atomic mass is 10.1.